The number of aromatic amines is 1. The van der Waals surface area contributed by atoms with Crippen molar-refractivity contribution in [2.75, 3.05) is 6.61 Å². The number of benzene rings is 1. The van der Waals surface area contributed by atoms with Crippen molar-refractivity contribution in [3.63, 3.8) is 0 Å². The van der Waals surface area contributed by atoms with Crippen LogP contribution in [0.4, 0.5) is 22.0 Å². The van der Waals surface area contributed by atoms with E-state index in [2.05, 4.69) is 14.8 Å². The third-order valence-corrected chi connectivity index (χ3v) is 3.85. The molecule has 0 unspecified atom stereocenters. The second-order valence-electron chi connectivity index (χ2n) is 5.99. The first-order chi connectivity index (χ1) is 13.6. The molecule has 2 aromatic heterocycles. The molecule has 0 radical (unpaired) electrons. The molecule has 0 aliphatic heterocycles. The number of ether oxygens (including phenoxy) is 1. The van der Waals surface area contributed by atoms with Crippen molar-refractivity contribution in [2.24, 2.45) is 5.73 Å². The Morgan fingerprint density at radius 1 is 1.31 bits per heavy atom. The molecule has 12 heteroatoms. The van der Waals surface area contributed by atoms with Gasteiger partial charge < -0.3 is 15.5 Å². The highest BCUT2D eigenvalue weighted by molar-refractivity contribution is 6.06. The minimum Gasteiger partial charge on any atom is -0.467 e. The second-order valence-corrected chi connectivity index (χ2v) is 5.99. The van der Waals surface area contributed by atoms with Gasteiger partial charge in [-0.2, -0.15) is 18.4 Å². The molecule has 3 rings (SSSR count). The minimum absolute atomic E-state index is 0.00114. The van der Waals surface area contributed by atoms with Gasteiger partial charge in [-0.1, -0.05) is 0 Å². The fourth-order valence-corrected chi connectivity index (χ4v) is 2.75. The largest absolute Gasteiger partial charge is 0.467 e. The first kappa shape index (κ1) is 20.1. The van der Waals surface area contributed by atoms with E-state index in [9.17, 15) is 26.7 Å². The van der Waals surface area contributed by atoms with Crippen LogP contribution in [0, 0.1) is 11.3 Å². The first-order valence-electron chi connectivity index (χ1n) is 8.00. The summed E-state index contributed by atoms with van der Waals surface area (Å²) >= 11 is 0. The van der Waals surface area contributed by atoms with E-state index in [0.717, 1.165) is 10.7 Å². The normalized spacial score (nSPS) is 11.8. The fourth-order valence-electron chi connectivity index (χ4n) is 2.75. The molecule has 1 amide bonds. The molecule has 0 aliphatic carbocycles. The van der Waals surface area contributed by atoms with Crippen LogP contribution in [0.1, 0.15) is 15.9 Å². The maximum absolute atomic E-state index is 12.9. The lowest BCUT2D eigenvalue weighted by molar-refractivity contribution is -0.154. The first-order valence-corrected chi connectivity index (χ1v) is 8.00. The van der Waals surface area contributed by atoms with Gasteiger partial charge in [0.05, 0.1) is 34.1 Å². The SMILES string of the molecule is N#Cc1cc(C(N)=O)c2[nH]c(-c3cc(OCC(F)(F)F)nn3CC(F)F)cc2c1. The minimum atomic E-state index is -4.63. The molecule has 0 atom stereocenters. The van der Waals surface area contributed by atoms with Crippen LogP contribution in [0.25, 0.3) is 22.3 Å². The highest BCUT2D eigenvalue weighted by Gasteiger charge is 2.29. The Balaban J connectivity index is 2.10. The number of H-pyrrole nitrogens is 1. The number of fused-ring (bicyclic) bond motifs is 1. The number of hydrogen-bond donors (Lipinski definition) is 2. The lowest BCUT2D eigenvalue weighted by Gasteiger charge is -2.06. The number of halogens is 5. The van der Waals surface area contributed by atoms with Crippen molar-refractivity contribution < 1.29 is 31.5 Å². The smallest absolute Gasteiger partial charge is 0.422 e. The Kier molecular flexibility index (Phi) is 5.15. The van der Waals surface area contributed by atoms with Crippen molar-refractivity contribution in [3.05, 3.63) is 35.4 Å². The van der Waals surface area contributed by atoms with E-state index in [4.69, 9.17) is 11.0 Å². The molecule has 0 fully saturated rings. The Bertz CT molecular complexity index is 1110. The summed E-state index contributed by atoms with van der Waals surface area (Å²) in [5, 5.41) is 13.1. The molecule has 29 heavy (non-hydrogen) atoms. The van der Waals surface area contributed by atoms with Crippen LogP contribution >= 0.6 is 0 Å². The zero-order chi connectivity index (χ0) is 21.3. The Morgan fingerprint density at radius 3 is 2.62 bits per heavy atom. The third-order valence-electron chi connectivity index (χ3n) is 3.85. The van der Waals surface area contributed by atoms with Gasteiger partial charge in [0.1, 0.15) is 6.54 Å². The molecular weight excluding hydrogens is 401 g/mol. The Labute approximate surface area is 159 Å². The van der Waals surface area contributed by atoms with E-state index in [0.29, 0.717) is 5.39 Å². The molecule has 1 aromatic carbocycles. The summed E-state index contributed by atoms with van der Waals surface area (Å²) in [4.78, 5) is 14.5. The van der Waals surface area contributed by atoms with E-state index < -0.39 is 37.5 Å². The number of nitrogens with one attached hydrogen (secondary N) is 1. The zero-order valence-electron chi connectivity index (χ0n) is 14.4. The predicted octanol–water partition coefficient (Wildman–Crippen LogP) is 3.21. The maximum Gasteiger partial charge on any atom is 0.422 e. The molecule has 0 saturated heterocycles. The van der Waals surface area contributed by atoms with Crippen LogP contribution in [0.5, 0.6) is 5.88 Å². The number of nitriles is 1. The molecular formula is C17H12F5N5O2. The molecule has 7 nitrogen and oxygen atoms in total. The number of rotatable bonds is 6. The summed E-state index contributed by atoms with van der Waals surface area (Å²) in [6.07, 6.45) is -7.46. The van der Waals surface area contributed by atoms with Crippen LogP contribution in [-0.2, 0) is 6.54 Å². The summed E-state index contributed by atoms with van der Waals surface area (Å²) in [6, 6.07) is 7.08. The molecule has 152 valence electrons. The van der Waals surface area contributed by atoms with Crippen LogP contribution < -0.4 is 10.5 Å². The number of amides is 1. The van der Waals surface area contributed by atoms with Gasteiger partial charge in [-0.05, 0) is 18.2 Å². The lowest BCUT2D eigenvalue weighted by atomic mass is 10.1. The van der Waals surface area contributed by atoms with Gasteiger partial charge in [0.15, 0.2) is 6.61 Å². The van der Waals surface area contributed by atoms with Crippen LogP contribution in [-0.4, -0.2) is 39.9 Å². The molecule has 0 bridgehead atoms. The predicted molar refractivity (Wildman–Crippen MR) is 90.3 cm³/mol. The Morgan fingerprint density at radius 2 is 2.03 bits per heavy atom. The Hall–Kier alpha value is -3.62. The quantitative estimate of drug-likeness (QED) is 0.605. The van der Waals surface area contributed by atoms with Crippen LogP contribution in [0.15, 0.2) is 24.3 Å². The van der Waals surface area contributed by atoms with E-state index >= 15 is 0 Å². The number of hydrogen-bond acceptors (Lipinski definition) is 4. The fraction of sp³-hybridized carbons (Fsp3) is 0.235. The van der Waals surface area contributed by atoms with Crippen molar-refractivity contribution in [2.45, 2.75) is 19.1 Å². The van der Waals surface area contributed by atoms with Gasteiger partial charge in [-0.15, -0.1) is 5.10 Å². The van der Waals surface area contributed by atoms with E-state index in [-0.39, 0.29) is 28.0 Å². The molecule has 0 spiro atoms. The number of alkyl halides is 5. The zero-order valence-corrected chi connectivity index (χ0v) is 14.4. The van der Waals surface area contributed by atoms with Gasteiger partial charge in [0.25, 0.3) is 12.3 Å². The summed E-state index contributed by atoms with van der Waals surface area (Å²) in [5.74, 6) is -1.32. The molecule has 0 saturated carbocycles. The highest BCUT2D eigenvalue weighted by atomic mass is 19.4. The van der Waals surface area contributed by atoms with E-state index in [1.807, 2.05) is 6.07 Å². The van der Waals surface area contributed by atoms with Gasteiger partial charge in [0, 0.05) is 11.5 Å². The van der Waals surface area contributed by atoms with Crippen LogP contribution in [0.2, 0.25) is 0 Å². The second kappa shape index (κ2) is 7.42. The number of primary amides is 1. The van der Waals surface area contributed by atoms with Crippen molar-refractivity contribution in [3.8, 4) is 23.3 Å². The lowest BCUT2D eigenvalue weighted by Crippen LogP contribution is -2.19. The van der Waals surface area contributed by atoms with Crippen molar-refractivity contribution in [1.29, 1.82) is 5.26 Å². The summed E-state index contributed by atoms with van der Waals surface area (Å²) in [7, 11) is 0. The van der Waals surface area contributed by atoms with Gasteiger partial charge in [0.2, 0.25) is 5.88 Å². The molecule has 3 aromatic rings. The van der Waals surface area contributed by atoms with E-state index in [1.54, 1.807) is 0 Å². The number of carbonyl (C=O) groups excluding carboxylic acids is 1. The summed E-state index contributed by atoms with van der Waals surface area (Å²) in [6.45, 7) is -2.53. The molecule has 0 aliphatic rings. The number of nitrogens with two attached hydrogens (primary N) is 1. The van der Waals surface area contributed by atoms with Crippen molar-refractivity contribution >= 4 is 16.8 Å². The number of aromatic nitrogens is 3. The van der Waals surface area contributed by atoms with Gasteiger partial charge in [-0.3, -0.25) is 9.48 Å². The molecule has 2 heterocycles. The maximum atomic E-state index is 12.9. The average Bonchev–Trinajstić information content (AvgIpc) is 3.21. The monoisotopic (exact) mass is 413 g/mol. The van der Waals surface area contributed by atoms with Crippen molar-refractivity contribution in [1.82, 2.24) is 14.8 Å². The van der Waals surface area contributed by atoms with Gasteiger partial charge in [-0.25, -0.2) is 8.78 Å². The van der Waals surface area contributed by atoms with E-state index in [1.165, 1.54) is 18.2 Å². The highest BCUT2D eigenvalue weighted by Crippen LogP contribution is 2.30. The third kappa shape index (κ3) is 4.45. The number of nitrogens with zero attached hydrogens (tertiary/aromatic N) is 3. The van der Waals surface area contributed by atoms with Gasteiger partial charge >= 0.3 is 6.18 Å². The topological polar surface area (TPSA) is 110 Å². The average molecular weight is 413 g/mol. The molecule has 3 N–H and O–H groups in total. The number of carbonyl (C=O) groups is 1. The standard InChI is InChI=1S/C17H12F5N5O2/c18-13(19)6-27-12(4-14(26-27)29-7-17(20,21)22)11-3-9-1-8(5-23)2-10(16(24)28)15(9)25-11/h1-4,13,25H,6-7H2,(H2,24,28). The van der Waals surface area contributed by atoms with Crippen LogP contribution in [0.3, 0.4) is 0 Å². The summed E-state index contributed by atoms with van der Waals surface area (Å²) in [5.41, 5.74) is 5.89. The summed E-state index contributed by atoms with van der Waals surface area (Å²) < 4.78 is 68.2.